The Hall–Kier alpha value is -1.34. The zero-order chi connectivity index (χ0) is 37.2. The van der Waals surface area contributed by atoms with Gasteiger partial charge in [0.25, 0.3) is 0 Å². The summed E-state index contributed by atoms with van der Waals surface area (Å²) in [5.74, 6) is -4.18. The molecule has 2 saturated heterocycles. The van der Waals surface area contributed by atoms with E-state index in [2.05, 4.69) is 0 Å². The smallest absolute Gasteiger partial charge is 0.547 e. The molecule has 2 rings (SSSR count). The molecule has 2 fully saturated rings. The van der Waals surface area contributed by atoms with E-state index in [4.69, 9.17) is 39.4 Å². The number of ether oxygens (including phenoxy) is 4. The summed E-state index contributed by atoms with van der Waals surface area (Å²) < 4.78 is 19.9. The predicted molar refractivity (Wildman–Crippen MR) is 138 cm³/mol. The van der Waals surface area contributed by atoms with Gasteiger partial charge < -0.3 is 120 Å². The normalized spacial score (nSPS) is 35.2. The van der Waals surface area contributed by atoms with Crippen molar-refractivity contribution in [3.63, 3.8) is 0 Å². The van der Waals surface area contributed by atoms with Crippen LogP contribution < -0.4 is 10.2 Å². The van der Waals surface area contributed by atoms with Gasteiger partial charge in [-0.1, -0.05) is 0 Å². The molecule has 10 unspecified atom stereocenters. The summed E-state index contributed by atoms with van der Waals surface area (Å²) in [6.07, 6.45) is -34.5. The zero-order valence-electron chi connectivity index (χ0n) is 25.0. The van der Waals surface area contributed by atoms with Crippen molar-refractivity contribution in [1.29, 1.82) is 0 Å². The fourth-order valence-corrected chi connectivity index (χ4v) is 4.31. The maximum absolute atomic E-state index is 10.6. The van der Waals surface area contributed by atoms with Gasteiger partial charge in [-0.2, -0.15) is 0 Å². The summed E-state index contributed by atoms with van der Waals surface area (Å²) in [6.45, 7) is -3.58. The summed E-state index contributed by atoms with van der Waals surface area (Å²) in [6, 6.07) is 0. The van der Waals surface area contributed by atoms with Crippen LogP contribution in [0.2, 0.25) is 0 Å². The molecule has 24 nitrogen and oxygen atoms in total. The molecule has 290 valence electrons. The van der Waals surface area contributed by atoms with Crippen molar-refractivity contribution in [2.45, 2.75) is 110 Å². The summed E-state index contributed by atoms with van der Waals surface area (Å²) >= 11 is 0. The largest absolute Gasteiger partial charge is 2.00 e. The summed E-state index contributed by atoms with van der Waals surface area (Å²) in [5, 5.41) is 173. The van der Waals surface area contributed by atoms with Gasteiger partial charge in [0.15, 0.2) is 12.6 Å². The van der Waals surface area contributed by atoms with E-state index < -0.39 is 149 Å². The molecule has 2 aliphatic rings. The molecule has 2 heterocycles. The quantitative estimate of drug-likeness (QED) is 0.0648. The summed E-state index contributed by atoms with van der Waals surface area (Å²) in [7, 11) is 0. The fourth-order valence-electron chi connectivity index (χ4n) is 4.31. The second-order valence-corrected chi connectivity index (χ2v) is 10.6. The van der Waals surface area contributed by atoms with E-state index in [0.717, 1.165) is 0 Å². The van der Waals surface area contributed by atoms with Gasteiger partial charge in [-0.15, -0.1) is 0 Å². The molecule has 0 amide bonds. The standard InChI is InChI=1S/2C12H22O12.Fe/c2*13-1-3(15)10(7(18)8(19)11(21)22)24-12-9(20)6(17)5(16)4(2-14)23-12;/h2*3-10,12-20H,1-2H2,(H,21,22);/q;;+2/p-2/t2*3?,4-,5+,6?,7?,8?,9-,10?,12+;/m11./s1. The van der Waals surface area contributed by atoms with Crippen molar-refractivity contribution in [2.75, 3.05) is 26.4 Å². The number of hydrogen-bond donors (Lipinski definition) is 16. The van der Waals surface area contributed by atoms with Gasteiger partial charge in [0.1, 0.15) is 97.7 Å². The zero-order valence-corrected chi connectivity index (χ0v) is 26.1. The first-order chi connectivity index (χ1) is 22.3. The second kappa shape index (κ2) is 21.9. The topological polar surface area (TPSA) is 441 Å². The number of carboxylic acid groups (broad SMARTS) is 2. The molecule has 0 aromatic rings. The molecular formula is C24H42FeO24. The first-order valence-corrected chi connectivity index (χ1v) is 13.9. The van der Waals surface area contributed by atoms with E-state index in [1.165, 1.54) is 0 Å². The van der Waals surface area contributed by atoms with E-state index in [1.807, 2.05) is 0 Å². The van der Waals surface area contributed by atoms with E-state index in [-0.39, 0.29) is 17.1 Å². The van der Waals surface area contributed by atoms with Crippen molar-refractivity contribution >= 4 is 11.9 Å². The number of carboxylic acids is 2. The van der Waals surface area contributed by atoms with E-state index >= 15 is 0 Å². The van der Waals surface area contributed by atoms with Gasteiger partial charge in [-0.3, -0.25) is 0 Å². The summed E-state index contributed by atoms with van der Waals surface area (Å²) in [5.41, 5.74) is 0. The number of aliphatic hydroxyl groups excluding tert-OH is 16. The Balaban J connectivity index is 0.000000922. The molecule has 49 heavy (non-hydrogen) atoms. The third kappa shape index (κ3) is 12.4. The molecule has 0 aromatic carbocycles. The minimum atomic E-state index is -2.50. The molecule has 0 aromatic heterocycles. The molecule has 16 N–H and O–H groups in total. The molecule has 25 heteroatoms. The molecule has 0 bridgehead atoms. The molecule has 0 spiro atoms. The Morgan fingerprint density at radius 2 is 0.837 bits per heavy atom. The molecule has 2 aliphatic heterocycles. The van der Waals surface area contributed by atoms with Crippen molar-refractivity contribution in [3.05, 3.63) is 0 Å². The van der Waals surface area contributed by atoms with Crippen LogP contribution in [-0.2, 0) is 45.6 Å². The number of rotatable bonds is 16. The maximum atomic E-state index is 10.6. The number of carbonyl (C=O) groups is 2. The molecule has 18 atom stereocenters. The predicted octanol–water partition coefficient (Wildman–Crippen LogP) is -14.0. The first kappa shape index (κ1) is 47.7. The van der Waals surface area contributed by atoms with Gasteiger partial charge in [-0.05, 0) is 0 Å². The van der Waals surface area contributed by atoms with Crippen molar-refractivity contribution in [2.24, 2.45) is 0 Å². The third-order valence-electron chi connectivity index (χ3n) is 7.22. The minimum absolute atomic E-state index is 0. The maximum Gasteiger partial charge on any atom is 2.00 e. The van der Waals surface area contributed by atoms with Crippen LogP contribution in [0.4, 0.5) is 0 Å². The minimum Gasteiger partial charge on any atom is -0.547 e. The van der Waals surface area contributed by atoms with Crippen LogP contribution >= 0.6 is 0 Å². The van der Waals surface area contributed by atoms with E-state index in [0.29, 0.717) is 0 Å². The van der Waals surface area contributed by atoms with E-state index in [9.17, 15) is 81.1 Å². The number of carbonyl (C=O) groups excluding carboxylic acids is 2. The molecule has 0 saturated carbocycles. The Morgan fingerprint density at radius 1 is 0.551 bits per heavy atom. The average molecular weight is 770 g/mol. The Bertz CT molecular complexity index is 888. The Morgan fingerprint density at radius 3 is 1.06 bits per heavy atom. The van der Waals surface area contributed by atoms with Crippen LogP contribution in [0, 0.1) is 0 Å². The molecule has 0 radical (unpaired) electrons. The number of hydrogen-bond acceptors (Lipinski definition) is 24. The van der Waals surface area contributed by atoms with Gasteiger partial charge in [0.05, 0.1) is 38.4 Å². The van der Waals surface area contributed by atoms with Crippen molar-refractivity contribution in [3.8, 4) is 0 Å². The van der Waals surface area contributed by atoms with Crippen molar-refractivity contribution < 1.29 is 138 Å². The van der Waals surface area contributed by atoms with Crippen LogP contribution in [0.3, 0.4) is 0 Å². The molecule has 0 aliphatic carbocycles. The monoisotopic (exact) mass is 770 g/mol. The van der Waals surface area contributed by atoms with Crippen LogP contribution in [0.25, 0.3) is 0 Å². The van der Waals surface area contributed by atoms with Crippen LogP contribution in [-0.4, -0.2) is 230 Å². The SMILES string of the molecule is O=C([O-])C(O)C(O)C(O[C@@H]1O[C@H](CO)[C@H](O)C(O)[C@H]1O)C(O)CO.O=C([O-])C(O)C(O)C(O[C@@H]1O[C@H](CO)[C@H](O)C(O)[C@H]1O)C(O)CO.[Fe+2]. The Kier molecular flexibility index (Phi) is 21.3. The van der Waals surface area contributed by atoms with Crippen LogP contribution in [0.15, 0.2) is 0 Å². The van der Waals surface area contributed by atoms with Gasteiger partial charge >= 0.3 is 17.1 Å². The number of aliphatic hydroxyl groups is 16. The summed E-state index contributed by atoms with van der Waals surface area (Å²) in [4.78, 5) is 21.2. The van der Waals surface area contributed by atoms with Crippen LogP contribution in [0.5, 0.6) is 0 Å². The first-order valence-electron chi connectivity index (χ1n) is 13.9. The average Bonchev–Trinajstić information content (AvgIpc) is 3.07. The fraction of sp³-hybridized carbons (Fsp3) is 0.917. The van der Waals surface area contributed by atoms with Crippen molar-refractivity contribution in [1.82, 2.24) is 0 Å². The second-order valence-electron chi connectivity index (χ2n) is 10.6. The van der Waals surface area contributed by atoms with Crippen LogP contribution in [0.1, 0.15) is 0 Å². The van der Waals surface area contributed by atoms with Gasteiger partial charge in [-0.25, -0.2) is 0 Å². The third-order valence-corrected chi connectivity index (χ3v) is 7.22. The van der Waals surface area contributed by atoms with Gasteiger partial charge in [0, 0.05) is 0 Å². The Labute approximate surface area is 286 Å². The molecular weight excluding hydrogens is 728 g/mol. The number of aliphatic carboxylic acids is 2. The van der Waals surface area contributed by atoms with E-state index in [1.54, 1.807) is 0 Å². The van der Waals surface area contributed by atoms with Gasteiger partial charge in [0.2, 0.25) is 0 Å².